The Morgan fingerprint density at radius 1 is 1.40 bits per heavy atom. The van der Waals surface area contributed by atoms with Gasteiger partial charge in [0, 0.05) is 6.54 Å². The lowest BCUT2D eigenvalue weighted by Gasteiger charge is -2.06. The van der Waals surface area contributed by atoms with Crippen molar-refractivity contribution in [3.05, 3.63) is 47.3 Å². The second-order valence-electron chi connectivity index (χ2n) is 3.61. The average molecular weight is 207 g/mol. The van der Waals surface area contributed by atoms with Crippen molar-refractivity contribution in [2.75, 3.05) is 6.54 Å². The Balaban J connectivity index is 2.40. The Bertz CT molecular complexity index is 331. The highest BCUT2D eigenvalue weighted by Gasteiger charge is 1.99. The number of hydrogen-bond acceptors (Lipinski definition) is 1. The largest absolute Gasteiger partial charge is 0.312 e. The molecule has 2 heteroatoms. The smallest absolute Gasteiger partial charge is 0.123 e. The molecule has 0 atom stereocenters. The highest BCUT2D eigenvalue weighted by atomic mass is 19.1. The molecule has 0 aliphatic carbocycles. The van der Waals surface area contributed by atoms with Crippen molar-refractivity contribution < 1.29 is 4.39 Å². The lowest BCUT2D eigenvalue weighted by Crippen LogP contribution is -2.14. The minimum atomic E-state index is -0.161. The third kappa shape index (κ3) is 4.26. The van der Waals surface area contributed by atoms with E-state index >= 15 is 0 Å². The van der Waals surface area contributed by atoms with Gasteiger partial charge in [0.05, 0.1) is 0 Å². The molecule has 0 saturated carbocycles. The van der Waals surface area contributed by atoms with Crippen LogP contribution >= 0.6 is 0 Å². The van der Waals surface area contributed by atoms with Crippen LogP contribution in [0.25, 0.3) is 0 Å². The summed E-state index contributed by atoms with van der Waals surface area (Å²) in [7, 11) is 0. The Morgan fingerprint density at radius 2 is 2.20 bits per heavy atom. The predicted octanol–water partition coefficient (Wildman–Crippen LogP) is 3.19. The first-order valence-electron chi connectivity index (χ1n) is 5.31. The summed E-state index contributed by atoms with van der Waals surface area (Å²) in [4.78, 5) is 0. The van der Waals surface area contributed by atoms with E-state index < -0.39 is 0 Å². The molecular formula is C13H18FN. The summed E-state index contributed by atoms with van der Waals surface area (Å²) in [6, 6.07) is 4.91. The maximum atomic E-state index is 12.9. The number of halogens is 1. The lowest BCUT2D eigenvalue weighted by atomic mass is 10.1. The first-order valence-corrected chi connectivity index (χ1v) is 5.31. The standard InChI is InChI=1S/C13H18FN/c1-3-4-5-8-15-10-12-9-13(14)7-6-11(12)2/h3-4,6-7,9,15H,5,8,10H2,1-2H3/b4-3+. The second-order valence-corrected chi connectivity index (χ2v) is 3.61. The zero-order valence-corrected chi connectivity index (χ0v) is 9.39. The zero-order chi connectivity index (χ0) is 11.1. The number of nitrogens with one attached hydrogen (secondary N) is 1. The topological polar surface area (TPSA) is 12.0 Å². The number of benzene rings is 1. The molecule has 1 nitrogen and oxygen atoms in total. The highest BCUT2D eigenvalue weighted by molar-refractivity contribution is 5.26. The van der Waals surface area contributed by atoms with Gasteiger partial charge in [0.15, 0.2) is 0 Å². The molecule has 0 spiro atoms. The van der Waals surface area contributed by atoms with Crippen molar-refractivity contribution in [2.24, 2.45) is 0 Å². The Kier molecular flexibility index (Phi) is 5.05. The van der Waals surface area contributed by atoms with Gasteiger partial charge in [0.2, 0.25) is 0 Å². The third-order valence-electron chi connectivity index (χ3n) is 2.35. The van der Waals surface area contributed by atoms with Crippen LogP contribution in [0.4, 0.5) is 4.39 Å². The van der Waals surface area contributed by atoms with Crippen molar-refractivity contribution in [3.63, 3.8) is 0 Å². The highest BCUT2D eigenvalue weighted by Crippen LogP contribution is 2.09. The molecule has 1 aromatic carbocycles. The van der Waals surface area contributed by atoms with Crippen LogP contribution < -0.4 is 5.32 Å². The summed E-state index contributed by atoms with van der Waals surface area (Å²) in [5.41, 5.74) is 2.17. The zero-order valence-electron chi connectivity index (χ0n) is 9.39. The van der Waals surface area contributed by atoms with E-state index in [4.69, 9.17) is 0 Å². The molecule has 0 aromatic heterocycles. The predicted molar refractivity (Wildman–Crippen MR) is 62.3 cm³/mol. The van der Waals surface area contributed by atoms with E-state index in [2.05, 4.69) is 11.4 Å². The monoisotopic (exact) mass is 207 g/mol. The van der Waals surface area contributed by atoms with E-state index in [0.717, 1.165) is 30.6 Å². The summed E-state index contributed by atoms with van der Waals surface area (Å²) >= 11 is 0. The number of aryl methyl sites for hydroxylation is 1. The van der Waals surface area contributed by atoms with Crippen LogP contribution in [-0.4, -0.2) is 6.54 Å². The van der Waals surface area contributed by atoms with Crippen LogP contribution in [0.15, 0.2) is 30.4 Å². The maximum absolute atomic E-state index is 12.9. The van der Waals surface area contributed by atoms with Crippen LogP contribution in [0.1, 0.15) is 24.5 Å². The molecule has 0 amide bonds. The summed E-state index contributed by atoms with van der Waals surface area (Å²) in [5.74, 6) is -0.161. The Morgan fingerprint density at radius 3 is 2.93 bits per heavy atom. The van der Waals surface area contributed by atoms with Crippen molar-refractivity contribution >= 4 is 0 Å². The number of allylic oxidation sites excluding steroid dienone is 1. The molecule has 0 bridgehead atoms. The molecule has 82 valence electrons. The molecule has 1 rings (SSSR count). The van der Waals surface area contributed by atoms with Crippen molar-refractivity contribution in [2.45, 2.75) is 26.8 Å². The second kappa shape index (κ2) is 6.36. The molecule has 0 fully saturated rings. The molecule has 1 N–H and O–H groups in total. The normalized spacial score (nSPS) is 11.1. The van der Waals surface area contributed by atoms with Gasteiger partial charge >= 0.3 is 0 Å². The quantitative estimate of drug-likeness (QED) is 0.577. The van der Waals surface area contributed by atoms with Crippen LogP contribution in [0.2, 0.25) is 0 Å². The van der Waals surface area contributed by atoms with E-state index in [1.807, 2.05) is 26.0 Å². The van der Waals surface area contributed by atoms with Crippen molar-refractivity contribution in [1.82, 2.24) is 5.32 Å². The Labute approximate surface area is 91.0 Å². The minimum absolute atomic E-state index is 0.161. The summed E-state index contributed by atoms with van der Waals surface area (Å²) in [6.07, 6.45) is 5.17. The van der Waals surface area contributed by atoms with Gasteiger partial charge in [-0.05, 0) is 50.1 Å². The average Bonchev–Trinajstić information content (AvgIpc) is 2.23. The van der Waals surface area contributed by atoms with Gasteiger partial charge in [-0.25, -0.2) is 4.39 Å². The van der Waals surface area contributed by atoms with Crippen molar-refractivity contribution in [1.29, 1.82) is 0 Å². The summed E-state index contributed by atoms with van der Waals surface area (Å²) < 4.78 is 12.9. The molecule has 0 heterocycles. The first kappa shape index (κ1) is 11.9. The van der Waals surface area contributed by atoms with E-state index in [0.29, 0.717) is 0 Å². The van der Waals surface area contributed by atoms with Crippen LogP contribution in [0.3, 0.4) is 0 Å². The SMILES string of the molecule is C/C=C/CCNCc1cc(F)ccc1C. The fourth-order valence-corrected chi connectivity index (χ4v) is 1.41. The van der Waals surface area contributed by atoms with Gasteiger partial charge in [0.1, 0.15) is 5.82 Å². The molecule has 0 aliphatic heterocycles. The van der Waals surface area contributed by atoms with Gasteiger partial charge in [-0.2, -0.15) is 0 Å². The molecule has 0 unspecified atom stereocenters. The molecule has 15 heavy (non-hydrogen) atoms. The van der Waals surface area contributed by atoms with Crippen LogP contribution in [0.5, 0.6) is 0 Å². The molecular weight excluding hydrogens is 189 g/mol. The van der Waals surface area contributed by atoms with E-state index in [1.165, 1.54) is 6.07 Å². The first-order chi connectivity index (χ1) is 7.24. The van der Waals surface area contributed by atoms with Gasteiger partial charge in [0.25, 0.3) is 0 Å². The summed E-state index contributed by atoms with van der Waals surface area (Å²) in [6.45, 7) is 5.68. The van der Waals surface area contributed by atoms with Crippen molar-refractivity contribution in [3.8, 4) is 0 Å². The minimum Gasteiger partial charge on any atom is -0.312 e. The van der Waals surface area contributed by atoms with E-state index in [-0.39, 0.29) is 5.82 Å². The molecule has 0 radical (unpaired) electrons. The van der Waals surface area contributed by atoms with Gasteiger partial charge in [-0.3, -0.25) is 0 Å². The third-order valence-corrected chi connectivity index (χ3v) is 2.35. The van der Waals surface area contributed by atoms with Crippen LogP contribution in [-0.2, 0) is 6.54 Å². The number of rotatable bonds is 5. The van der Waals surface area contributed by atoms with E-state index in [9.17, 15) is 4.39 Å². The maximum Gasteiger partial charge on any atom is 0.123 e. The number of hydrogen-bond donors (Lipinski definition) is 1. The molecule has 0 aliphatic rings. The fraction of sp³-hybridized carbons (Fsp3) is 0.385. The van der Waals surface area contributed by atoms with Gasteiger partial charge in [-0.15, -0.1) is 0 Å². The Hall–Kier alpha value is -1.15. The van der Waals surface area contributed by atoms with E-state index in [1.54, 1.807) is 6.07 Å². The summed E-state index contributed by atoms with van der Waals surface area (Å²) in [5, 5.41) is 3.29. The fourth-order valence-electron chi connectivity index (χ4n) is 1.41. The lowest BCUT2D eigenvalue weighted by molar-refractivity contribution is 0.619. The van der Waals surface area contributed by atoms with Gasteiger partial charge in [-0.1, -0.05) is 18.2 Å². The molecule has 1 aromatic rings. The van der Waals surface area contributed by atoms with Gasteiger partial charge < -0.3 is 5.32 Å². The molecule has 0 saturated heterocycles. The van der Waals surface area contributed by atoms with Crippen LogP contribution in [0, 0.1) is 12.7 Å².